The molecule has 2 atom stereocenters. The van der Waals surface area contributed by atoms with Crippen molar-refractivity contribution in [1.29, 1.82) is 0 Å². The molecule has 0 spiro atoms. The van der Waals surface area contributed by atoms with Crippen LogP contribution in [0.3, 0.4) is 0 Å². The lowest BCUT2D eigenvalue weighted by Gasteiger charge is -2.24. The average Bonchev–Trinajstić information content (AvgIpc) is 2.53. The Labute approximate surface area is 135 Å². The zero-order valence-electron chi connectivity index (χ0n) is 12.7. The van der Waals surface area contributed by atoms with Crippen molar-refractivity contribution in [2.24, 2.45) is 5.73 Å². The predicted molar refractivity (Wildman–Crippen MR) is 87.0 cm³/mol. The van der Waals surface area contributed by atoms with Crippen LogP contribution >= 0.6 is 15.9 Å². The molecule has 0 bridgehead atoms. The second kappa shape index (κ2) is 8.01. The summed E-state index contributed by atoms with van der Waals surface area (Å²) in [6.45, 7) is 0.884. The van der Waals surface area contributed by atoms with Gasteiger partial charge in [-0.3, -0.25) is 0 Å². The summed E-state index contributed by atoms with van der Waals surface area (Å²) in [6, 6.07) is 3.79. The van der Waals surface area contributed by atoms with Crippen LogP contribution in [0.1, 0.15) is 43.7 Å². The molecule has 1 heterocycles. The number of hydrogen-bond donors (Lipinski definition) is 1. The van der Waals surface area contributed by atoms with E-state index in [1.807, 2.05) is 12.1 Å². The predicted octanol–water partition coefficient (Wildman–Crippen LogP) is 3.82. The highest BCUT2D eigenvalue weighted by Crippen LogP contribution is 2.36. The minimum Gasteiger partial charge on any atom is -0.496 e. The number of methoxy groups -OCH3 is 2. The summed E-state index contributed by atoms with van der Waals surface area (Å²) in [7, 11) is 3.31. The molecule has 1 saturated heterocycles. The fourth-order valence-corrected chi connectivity index (χ4v) is 3.21. The first-order valence-electron chi connectivity index (χ1n) is 7.44. The summed E-state index contributed by atoms with van der Waals surface area (Å²) in [6.07, 6.45) is 5.81. The Morgan fingerprint density at radius 3 is 2.67 bits per heavy atom. The molecule has 1 aliphatic heterocycles. The van der Waals surface area contributed by atoms with Gasteiger partial charge in [0.25, 0.3) is 0 Å². The lowest BCUT2D eigenvalue weighted by atomic mass is 9.97. The van der Waals surface area contributed by atoms with Crippen LogP contribution in [0, 0.1) is 0 Å². The van der Waals surface area contributed by atoms with E-state index in [4.69, 9.17) is 19.9 Å². The van der Waals surface area contributed by atoms with Crippen molar-refractivity contribution >= 4 is 15.9 Å². The van der Waals surface area contributed by atoms with Crippen molar-refractivity contribution in [3.8, 4) is 11.5 Å². The summed E-state index contributed by atoms with van der Waals surface area (Å²) >= 11 is 3.47. The van der Waals surface area contributed by atoms with Crippen molar-refractivity contribution < 1.29 is 14.2 Å². The third-order valence-corrected chi connectivity index (χ3v) is 4.60. The van der Waals surface area contributed by atoms with E-state index >= 15 is 0 Å². The van der Waals surface area contributed by atoms with Gasteiger partial charge in [-0.15, -0.1) is 0 Å². The van der Waals surface area contributed by atoms with E-state index in [-0.39, 0.29) is 6.04 Å². The van der Waals surface area contributed by atoms with Crippen molar-refractivity contribution in [2.75, 3.05) is 20.8 Å². The van der Waals surface area contributed by atoms with Gasteiger partial charge >= 0.3 is 0 Å². The molecule has 5 heteroatoms. The molecule has 1 fully saturated rings. The summed E-state index contributed by atoms with van der Waals surface area (Å²) in [4.78, 5) is 0. The molecule has 118 valence electrons. The molecule has 0 aromatic heterocycles. The number of benzene rings is 1. The molecule has 2 rings (SSSR count). The first kappa shape index (κ1) is 16.6. The number of ether oxygens (including phenoxy) is 3. The molecule has 1 aromatic rings. The topological polar surface area (TPSA) is 53.7 Å². The molecule has 0 radical (unpaired) electrons. The van der Waals surface area contributed by atoms with Crippen LogP contribution in [0.5, 0.6) is 11.5 Å². The molecular weight excluding hydrogens is 334 g/mol. The van der Waals surface area contributed by atoms with Crippen molar-refractivity contribution in [1.82, 2.24) is 0 Å². The maximum absolute atomic E-state index is 6.36. The Kier molecular flexibility index (Phi) is 6.33. The standard InChI is InChI=1S/C16H24BrNO3/c1-19-15-10-13(17)16(20-2)9-12(15)14(18)7-6-11-5-3-4-8-21-11/h9-11,14H,3-8,18H2,1-2H3. The quantitative estimate of drug-likeness (QED) is 0.840. The van der Waals surface area contributed by atoms with Gasteiger partial charge in [-0.1, -0.05) is 0 Å². The fourth-order valence-electron chi connectivity index (χ4n) is 2.73. The fraction of sp³-hybridized carbons (Fsp3) is 0.625. The van der Waals surface area contributed by atoms with Crippen LogP contribution in [0.2, 0.25) is 0 Å². The minimum absolute atomic E-state index is 0.0764. The van der Waals surface area contributed by atoms with Gasteiger partial charge in [-0.25, -0.2) is 0 Å². The van der Waals surface area contributed by atoms with Gasteiger partial charge in [-0.2, -0.15) is 0 Å². The zero-order valence-corrected chi connectivity index (χ0v) is 14.3. The monoisotopic (exact) mass is 357 g/mol. The van der Waals surface area contributed by atoms with Gasteiger partial charge < -0.3 is 19.9 Å². The molecule has 2 unspecified atom stereocenters. The molecule has 0 saturated carbocycles. The largest absolute Gasteiger partial charge is 0.496 e. The second-order valence-electron chi connectivity index (χ2n) is 5.40. The van der Waals surface area contributed by atoms with Crippen LogP contribution < -0.4 is 15.2 Å². The summed E-state index contributed by atoms with van der Waals surface area (Å²) in [5, 5.41) is 0. The van der Waals surface area contributed by atoms with Crippen LogP contribution in [0.15, 0.2) is 16.6 Å². The zero-order chi connectivity index (χ0) is 15.2. The van der Waals surface area contributed by atoms with Crippen LogP contribution in [-0.2, 0) is 4.74 Å². The highest BCUT2D eigenvalue weighted by atomic mass is 79.9. The number of halogens is 1. The third-order valence-electron chi connectivity index (χ3n) is 3.98. The molecule has 4 nitrogen and oxygen atoms in total. The molecular formula is C16H24BrNO3. The molecule has 0 aliphatic carbocycles. The maximum atomic E-state index is 6.36. The SMILES string of the molecule is COc1cc(C(N)CCC2CCCCO2)c(OC)cc1Br. The van der Waals surface area contributed by atoms with E-state index in [0.717, 1.165) is 47.4 Å². The van der Waals surface area contributed by atoms with Crippen molar-refractivity contribution in [3.63, 3.8) is 0 Å². The first-order valence-corrected chi connectivity index (χ1v) is 8.23. The average molecular weight is 358 g/mol. The Morgan fingerprint density at radius 1 is 1.29 bits per heavy atom. The molecule has 0 amide bonds. The van der Waals surface area contributed by atoms with Crippen molar-refractivity contribution in [3.05, 3.63) is 22.2 Å². The summed E-state index contributed by atoms with van der Waals surface area (Å²) in [5.41, 5.74) is 7.34. The highest BCUT2D eigenvalue weighted by molar-refractivity contribution is 9.10. The van der Waals surface area contributed by atoms with Gasteiger partial charge in [-0.05, 0) is 60.2 Å². The summed E-state index contributed by atoms with van der Waals surface area (Å²) in [5.74, 6) is 1.56. The first-order chi connectivity index (χ1) is 10.2. The third kappa shape index (κ3) is 4.34. The van der Waals surface area contributed by atoms with E-state index in [2.05, 4.69) is 15.9 Å². The smallest absolute Gasteiger partial charge is 0.133 e. The number of nitrogens with two attached hydrogens (primary N) is 1. The van der Waals surface area contributed by atoms with Crippen LogP contribution in [0.25, 0.3) is 0 Å². The minimum atomic E-state index is -0.0764. The van der Waals surface area contributed by atoms with Gasteiger partial charge in [0.15, 0.2) is 0 Å². The van der Waals surface area contributed by atoms with Crippen molar-refractivity contribution in [2.45, 2.75) is 44.2 Å². The lowest BCUT2D eigenvalue weighted by Crippen LogP contribution is -2.21. The van der Waals surface area contributed by atoms with Gasteiger partial charge in [0.05, 0.1) is 24.8 Å². The van der Waals surface area contributed by atoms with Gasteiger partial charge in [0, 0.05) is 18.2 Å². The van der Waals surface area contributed by atoms with E-state index in [1.165, 1.54) is 12.8 Å². The van der Waals surface area contributed by atoms with E-state index in [1.54, 1.807) is 14.2 Å². The van der Waals surface area contributed by atoms with Crippen LogP contribution in [-0.4, -0.2) is 26.9 Å². The molecule has 1 aromatic carbocycles. The van der Waals surface area contributed by atoms with Gasteiger partial charge in [0.1, 0.15) is 11.5 Å². The Balaban J connectivity index is 2.04. The normalized spacial score (nSPS) is 20.1. The Bertz CT molecular complexity index is 461. The lowest BCUT2D eigenvalue weighted by molar-refractivity contribution is 0.00909. The maximum Gasteiger partial charge on any atom is 0.133 e. The second-order valence-corrected chi connectivity index (χ2v) is 6.26. The number of rotatable bonds is 6. The number of hydrogen-bond acceptors (Lipinski definition) is 4. The van der Waals surface area contributed by atoms with E-state index in [9.17, 15) is 0 Å². The summed E-state index contributed by atoms with van der Waals surface area (Å²) < 4.78 is 17.4. The van der Waals surface area contributed by atoms with Gasteiger partial charge in [0.2, 0.25) is 0 Å². The Morgan fingerprint density at radius 2 is 2.05 bits per heavy atom. The molecule has 1 aliphatic rings. The highest BCUT2D eigenvalue weighted by Gasteiger charge is 2.19. The molecule has 2 N–H and O–H groups in total. The van der Waals surface area contributed by atoms with Crippen LogP contribution in [0.4, 0.5) is 0 Å². The van der Waals surface area contributed by atoms with E-state index in [0.29, 0.717) is 6.10 Å². The van der Waals surface area contributed by atoms with E-state index < -0.39 is 0 Å². The molecule has 21 heavy (non-hydrogen) atoms. The Hall–Kier alpha value is -0.780.